The summed E-state index contributed by atoms with van der Waals surface area (Å²) in [7, 11) is 0. The predicted octanol–water partition coefficient (Wildman–Crippen LogP) is 1.07. The van der Waals surface area contributed by atoms with Crippen molar-refractivity contribution in [2.45, 2.75) is 25.4 Å². The minimum absolute atomic E-state index is 0.115. The van der Waals surface area contributed by atoms with Gasteiger partial charge >= 0.3 is 6.18 Å². The van der Waals surface area contributed by atoms with E-state index in [1.807, 2.05) is 0 Å². The molecule has 7 heteroatoms. The Hall–Kier alpha value is -0.820. The third-order valence-corrected chi connectivity index (χ3v) is 2.78. The minimum atomic E-state index is -4.31. The summed E-state index contributed by atoms with van der Waals surface area (Å²) in [5.74, 6) is 0.412. The summed E-state index contributed by atoms with van der Waals surface area (Å²) in [6, 6.07) is 0. The fourth-order valence-corrected chi connectivity index (χ4v) is 1.83. The summed E-state index contributed by atoms with van der Waals surface area (Å²) in [4.78, 5) is 11.4. The highest BCUT2D eigenvalue weighted by Gasteiger charge is 2.27. The van der Waals surface area contributed by atoms with Crippen LogP contribution in [0.25, 0.3) is 0 Å². The lowest BCUT2D eigenvalue weighted by molar-refractivity contribution is -0.173. The molecule has 0 aromatic carbocycles. The zero-order valence-electron chi connectivity index (χ0n) is 10.2. The highest BCUT2D eigenvalue weighted by molar-refractivity contribution is 5.75. The van der Waals surface area contributed by atoms with Gasteiger partial charge in [-0.2, -0.15) is 13.2 Å². The molecule has 0 bridgehead atoms. The lowest BCUT2D eigenvalue weighted by Gasteiger charge is -2.10. The Balaban J connectivity index is 1.93. The van der Waals surface area contributed by atoms with Gasteiger partial charge in [0.1, 0.15) is 6.61 Å². The molecule has 0 radical (unpaired) electrons. The highest BCUT2D eigenvalue weighted by Crippen LogP contribution is 2.14. The van der Waals surface area contributed by atoms with E-state index in [4.69, 9.17) is 0 Å². The number of alkyl halides is 3. The zero-order chi connectivity index (χ0) is 13.4. The van der Waals surface area contributed by atoms with E-state index in [2.05, 4.69) is 15.4 Å². The maximum absolute atomic E-state index is 11.7. The first kappa shape index (κ1) is 15.2. The SMILES string of the molecule is O=C(CCC1CCNC1)NCCOCC(F)(F)F. The van der Waals surface area contributed by atoms with Crippen molar-refractivity contribution in [2.24, 2.45) is 5.92 Å². The van der Waals surface area contributed by atoms with Gasteiger partial charge in [0.15, 0.2) is 0 Å². The van der Waals surface area contributed by atoms with E-state index in [-0.39, 0.29) is 19.1 Å². The number of hydrogen-bond donors (Lipinski definition) is 2. The van der Waals surface area contributed by atoms with E-state index in [0.717, 1.165) is 25.9 Å². The number of carbonyl (C=O) groups is 1. The van der Waals surface area contributed by atoms with Crippen LogP contribution in [0.4, 0.5) is 13.2 Å². The molecule has 0 aromatic rings. The van der Waals surface area contributed by atoms with Crippen molar-refractivity contribution in [1.29, 1.82) is 0 Å². The molecular weight excluding hydrogens is 249 g/mol. The van der Waals surface area contributed by atoms with Gasteiger partial charge in [-0.15, -0.1) is 0 Å². The second-order valence-corrected chi connectivity index (χ2v) is 4.42. The lowest BCUT2D eigenvalue weighted by Crippen LogP contribution is -2.29. The second-order valence-electron chi connectivity index (χ2n) is 4.42. The van der Waals surface area contributed by atoms with Gasteiger partial charge < -0.3 is 15.4 Å². The van der Waals surface area contributed by atoms with Crippen molar-refractivity contribution >= 4 is 5.91 Å². The molecule has 1 saturated heterocycles. The molecule has 1 amide bonds. The van der Waals surface area contributed by atoms with E-state index in [1.165, 1.54) is 0 Å². The van der Waals surface area contributed by atoms with Crippen molar-refractivity contribution in [3.8, 4) is 0 Å². The number of carbonyl (C=O) groups excluding carboxylic acids is 1. The fourth-order valence-electron chi connectivity index (χ4n) is 1.83. The summed E-state index contributed by atoms with van der Waals surface area (Å²) < 4.78 is 39.5. The Bertz CT molecular complexity index is 253. The lowest BCUT2D eigenvalue weighted by atomic mass is 10.0. The first-order valence-electron chi connectivity index (χ1n) is 6.09. The summed E-state index contributed by atoms with van der Waals surface area (Å²) in [6.45, 7) is 0.685. The van der Waals surface area contributed by atoms with E-state index in [9.17, 15) is 18.0 Å². The fraction of sp³-hybridized carbons (Fsp3) is 0.909. The molecule has 1 unspecified atom stereocenters. The first-order chi connectivity index (χ1) is 8.47. The van der Waals surface area contributed by atoms with Crippen LogP contribution in [0.5, 0.6) is 0 Å². The smallest absolute Gasteiger partial charge is 0.370 e. The maximum Gasteiger partial charge on any atom is 0.411 e. The predicted molar refractivity (Wildman–Crippen MR) is 60.1 cm³/mol. The van der Waals surface area contributed by atoms with Crippen LogP contribution in [0.15, 0.2) is 0 Å². The molecule has 1 rings (SSSR count). The largest absolute Gasteiger partial charge is 0.411 e. The number of halogens is 3. The Morgan fingerprint density at radius 2 is 2.22 bits per heavy atom. The molecular formula is C11H19F3N2O2. The average molecular weight is 268 g/mol. The van der Waals surface area contributed by atoms with Crippen molar-refractivity contribution < 1.29 is 22.7 Å². The molecule has 1 atom stereocenters. The first-order valence-corrected chi connectivity index (χ1v) is 6.09. The Kier molecular flexibility index (Phi) is 6.42. The molecule has 0 spiro atoms. The monoisotopic (exact) mass is 268 g/mol. The summed E-state index contributed by atoms with van der Waals surface area (Å²) in [5, 5.41) is 5.75. The number of hydrogen-bond acceptors (Lipinski definition) is 3. The molecule has 0 aromatic heterocycles. The van der Waals surface area contributed by atoms with E-state index >= 15 is 0 Å². The number of amides is 1. The van der Waals surface area contributed by atoms with Crippen LogP contribution in [-0.2, 0) is 9.53 Å². The van der Waals surface area contributed by atoms with Gasteiger partial charge in [0.25, 0.3) is 0 Å². The number of nitrogens with one attached hydrogen (secondary N) is 2. The van der Waals surface area contributed by atoms with Gasteiger partial charge in [0, 0.05) is 13.0 Å². The van der Waals surface area contributed by atoms with Crippen LogP contribution in [0, 0.1) is 5.92 Å². The van der Waals surface area contributed by atoms with Crippen LogP contribution in [0.2, 0.25) is 0 Å². The van der Waals surface area contributed by atoms with E-state index in [0.29, 0.717) is 12.3 Å². The molecule has 1 fully saturated rings. The molecule has 0 saturated carbocycles. The van der Waals surface area contributed by atoms with E-state index < -0.39 is 12.8 Å². The second kappa shape index (κ2) is 7.58. The minimum Gasteiger partial charge on any atom is -0.370 e. The highest BCUT2D eigenvalue weighted by atomic mass is 19.4. The Morgan fingerprint density at radius 1 is 1.44 bits per heavy atom. The Morgan fingerprint density at radius 3 is 2.83 bits per heavy atom. The van der Waals surface area contributed by atoms with E-state index in [1.54, 1.807) is 0 Å². The van der Waals surface area contributed by atoms with Gasteiger partial charge in [0.05, 0.1) is 6.61 Å². The molecule has 1 heterocycles. The van der Waals surface area contributed by atoms with Gasteiger partial charge in [-0.3, -0.25) is 4.79 Å². The molecule has 1 aliphatic rings. The third-order valence-electron chi connectivity index (χ3n) is 2.78. The third kappa shape index (κ3) is 7.50. The molecule has 2 N–H and O–H groups in total. The normalized spacial score (nSPS) is 20.1. The number of rotatable bonds is 7. The van der Waals surface area contributed by atoms with Crippen molar-refractivity contribution in [3.05, 3.63) is 0 Å². The van der Waals surface area contributed by atoms with Crippen LogP contribution < -0.4 is 10.6 Å². The Labute approximate surface area is 104 Å². The van der Waals surface area contributed by atoms with Crippen LogP contribution in [-0.4, -0.2) is 44.9 Å². The summed E-state index contributed by atoms with van der Waals surface area (Å²) in [5.41, 5.74) is 0. The quantitative estimate of drug-likeness (QED) is 0.679. The van der Waals surface area contributed by atoms with Crippen molar-refractivity contribution in [2.75, 3.05) is 32.8 Å². The number of ether oxygens (including phenoxy) is 1. The summed E-state index contributed by atoms with van der Waals surface area (Å²) >= 11 is 0. The topological polar surface area (TPSA) is 50.4 Å². The summed E-state index contributed by atoms with van der Waals surface area (Å²) in [6.07, 6.45) is -1.98. The van der Waals surface area contributed by atoms with Crippen LogP contribution in [0.1, 0.15) is 19.3 Å². The van der Waals surface area contributed by atoms with Gasteiger partial charge in [-0.1, -0.05) is 0 Å². The maximum atomic E-state index is 11.7. The average Bonchev–Trinajstić information content (AvgIpc) is 2.77. The molecule has 106 valence electrons. The molecule has 0 aliphatic carbocycles. The standard InChI is InChI=1S/C11H19F3N2O2/c12-11(13,14)8-18-6-5-16-10(17)2-1-9-3-4-15-7-9/h9,15H,1-8H2,(H,16,17). The molecule has 4 nitrogen and oxygen atoms in total. The van der Waals surface area contributed by atoms with Gasteiger partial charge in [0.2, 0.25) is 5.91 Å². The zero-order valence-corrected chi connectivity index (χ0v) is 10.2. The molecule has 18 heavy (non-hydrogen) atoms. The van der Waals surface area contributed by atoms with Gasteiger partial charge in [-0.05, 0) is 31.8 Å². The van der Waals surface area contributed by atoms with Gasteiger partial charge in [-0.25, -0.2) is 0 Å². The van der Waals surface area contributed by atoms with Crippen molar-refractivity contribution in [1.82, 2.24) is 10.6 Å². The molecule has 1 aliphatic heterocycles. The van der Waals surface area contributed by atoms with Crippen molar-refractivity contribution in [3.63, 3.8) is 0 Å². The van der Waals surface area contributed by atoms with Crippen LogP contribution >= 0.6 is 0 Å². The van der Waals surface area contributed by atoms with Crippen LogP contribution in [0.3, 0.4) is 0 Å².